The molecule has 2 aromatic rings. The van der Waals surface area contributed by atoms with Crippen LogP contribution in [0.3, 0.4) is 0 Å². The monoisotopic (exact) mass is 375 g/mol. The first kappa shape index (κ1) is 18.8. The molecule has 134 valence electrons. The standard InChI is InChI=1S/C15H13ClF3N3O3/c1-8-6-10(21-22(8)12-5-3-2-4-9(12)16)13(23)20-11(14(24)25)7-15(17,18)19/h2-6,11H,7H2,1H3,(H,20,23)(H,24,25). The first-order valence-electron chi connectivity index (χ1n) is 7.00. The number of carboxylic acid groups (broad SMARTS) is 1. The lowest BCUT2D eigenvalue weighted by Gasteiger charge is -2.15. The van der Waals surface area contributed by atoms with E-state index in [0.29, 0.717) is 16.4 Å². The van der Waals surface area contributed by atoms with Crippen LogP contribution >= 0.6 is 11.6 Å². The normalized spacial score (nSPS) is 12.7. The number of nitrogens with one attached hydrogen (secondary N) is 1. The SMILES string of the molecule is Cc1cc(C(=O)NC(CC(F)(F)F)C(=O)O)nn1-c1ccccc1Cl. The first-order chi connectivity index (χ1) is 11.6. The van der Waals surface area contributed by atoms with Gasteiger partial charge in [0.05, 0.1) is 17.1 Å². The highest BCUT2D eigenvalue weighted by molar-refractivity contribution is 6.32. The van der Waals surface area contributed by atoms with Gasteiger partial charge in [-0.1, -0.05) is 23.7 Å². The van der Waals surface area contributed by atoms with Crippen molar-refractivity contribution in [1.29, 1.82) is 0 Å². The van der Waals surface area contributed by atoms with Crippen LogP contribution in [0.25, 0.3) is 5.69 Å². The van der Waals surface area contributed by atoms with Crippen LogP contribution < -0.4 is 5.32 Å². The van der Waals surface area contributed by atoms with Crippen molar-refractivity contribution in [2.45, 2.75) is 25.6 Å². The van der Waals surface area contributed by atoms with Gasteiger partial charge in [0, 0.05) is 5.69 Å². The molecular weight excluding hydrogens is 363 g/mol. The quantitative estimate of drug-likeness (QED) is 0.841. The van der Waals surface area contributed by atoms with Gasteiger partial charge in [0.1, 0.15) is 6.04 Å². The van der Waals surface area contributed by atoms with Crippen molar-refractivity contribution in [2.24, 2.45) is 0 Å². The molecule has 0 radical (unpaired) electrons. The highest BCUT2D eigenvalue weighted by Crippen LogP contribution is 2.23. The molecule has 1 unspecified atom stereocenters. The van der Waals surface area contributed by atoms with E-state index in [9.17, 15) is 22.8 Å². The second-order valence-electron chi connectivity index (χ2n) is 5.22. The third kappa shape index (κ3) is 4.72. The van der Waals surface area contributed by atoms with Crippen LogP contribution in [0.2, 0.25) is 5.02 Å². The third-order valence-corrected chi connectivity index (χ3v) is 3.56. The molecule has 1 aromatic carbocycles. The number of aromatic nitrogens is 2. The Labute approximate surface area is 145 Å². The predicted octanol–water partition coefficient (Wildman–Crippen LogP) is 2.97. The fourth-order valence-electron chi connectivity index (χ4n) is 2.12. The van der Waals surface area contributed by atoms with Gasteiger partial charge in [-0.2, -0.15) is 18.3 Å². The maximum atomic E-state index is 12.4. The number of hydrogen-bond acceptors (Lipinski definition) is 3. The van der Waals surface area contributed by atoms with E-state index in [1.807, 2.05) is 5.32 Å². The van der Waals surface area contributed by atoms with Gasteiger partial charge < -0.3 is 10.4 Å². The summed E-state index contributed by atoms with van der Waals surface area (Å²) in [5.74, 6) is -2.81. The molecule has 0 aliphatic carbocycles. The molecule has 1 atom stereocenters. The van der Waals surface area contributed by atoms with Crippen LogP contribution in [0.4, 0.5) is 13.2 Å². The van der Waals surface area contributed by atoms with Crippen molar-refractivity contribution < 1.29 is 27.9 Å². The van der Waals surface area contributed by atoms with Crippen LogP contribution in [-0.4, -0.2) is 39.0 Å². The number of amides is 1. The van der Waals surface area contributed by atoms with E-state index < -0.39 is 30.5 Å². The maximum Gasteiger partial charge on any atom is 0.391 e. The third-order valence-electron chi connectivity index (χ3n) is 3.24. The summed E-state index contributed by atoms with van der Waals surface area (Å²) in [5, 5.41) is 15.0. The molecule has 0 bridgehead atoms. The zero-order valence-corrected chi connectivity index (χ0v) is 13.6. The van der Waals surface area contributed by atoms with Crippen molar-refractivity contribution in [2.75, 3.05) is 0 Å². The zero-order chi connectivity index (χ0) is 18.8. The Bertz CT molecular complexity index is 805. The fraction of sp³-hybridized carbons (Fsp3) is 0.267. The number of benzene rings is 1. The summed E-state index contributed by atoms with van der Waals surface area (Å²) < 4.78 is 38.6. The smallest absolute Gasteiger partial charge is 0.391 e. The van der Waals surface area contributed by atoms with Crippen LogP contribution in [-0.2, 0) is 4.79 Å². The van der Waals surface area contributed by atoms with Gasteiger partial charge in [-0.05, 0) is 25.1 Å². The Morgan fingerprint density at radius 2 is 2.00 bits per heavy atom. The molecule has 0 saturated heterocycles. The number of carbonyl (C=O) groups excluding carboxylic acids is 1. The van der Waals surface area contributed by atoms with E-state index in [1.165, 1.54) is 10.7 Å². The number of nitrogens with zero attached hydrogens (tertiary/aromatic N) is 2. The van der Waals surface area contributed by atoms with E-state index >= 15 is 0 Å². The van der Waals surface area contributed by atoms with Gasteiger partial charge in [-0.3, -0.25) is 4.79 Å². The van der Waals surface area contributed by atoms with Crippen LogP contribution in [0.5, 0.6) is 0 Å². The van der Waals surface area contributed by atoms with E-state index in [-0.39, 0.29) is 5.69 Å². The topological polar surface area (TPSA) is 84.2 Å². The lowest BCUT2D eigenvalue weighted by Crippen LogP contribution is -2.43. The average molecular weight is 376 g/mol. The summed E-state index contributed by atoms with van der Waals surface area (Å²) in [4.78, 5) is 23.0. The molecular formula is C15H13ClF3N3O3. The number of hydrogen-bond donors (Lipinski definition) is 2. The molecule has 1 heterocycles. The van der Waals surface area contributed by atoms with Crippen molar-refractivity contribution in [3.05, 3.63) is 46.7 Å². The van der Waals surface area contributed by atoms with Gasteiger partial charge in [0.2, 0.25) is 0 Å². The van der Waals surface area contributed by atoms with E-state index in [2.05, 4.69) is 5.10 Å². The lowest BCUT2D eigenvalue weighted by molar-refractivity contribution is -0.157. The minimum atomic E-state index is -4.73. The van der Waals surface area contributed by atoms with E-state index in [4.69, 9.17) is 16.7 Å². The number of halogens is 4. The number of alkyl halides is 3. The Hall–Kier alpha value is -2.55. The summed E-state index contributed by atoms with van der Waals surface area (Å²) in [6, 6.07) is 5.89. The molecule has 0 fully saturated rings. The second kappa shape index (κ2) is 7.14. The molecule has 2 rings (SSSR count). The first-order valence-corrected chi connectivity index (χ1v) is 7.38. The fourth-order valence-corrected chi connectivity index (χ4v) is 2.33. The molecule has 6 nitrogen and oxygen atoms in total. The summed E-state index contributed by atoms with van der Waals surface area (Å²) in [6.07, 6.45) is -6.42. The summed E-state index contributed by atoms with van der Waals surface area (Å²) in [6.45, 7) is 1.62. The maximum absolute atomic E-state index is 12.4. The van der Waals surface area contributed by atoms with Crippen molar-refractivity contribution in [3.8, 4) is 5.69 Å². The second-order valence-corrected chi connectivity index (χ2v) is 5.62. The molecule has 25 heavy (non-hydrogen) atoms. The Balaban J connectivity index is 2.24. The molecule has 10 heteroatoms. The number of rotatable bonds is 5. The average Bonchev–Trinajstić information content (AvgIpc) is 2.87. The van der Waals surface area contributed by atoms with Gasteiger partial charge in [0.15, 0.2) is 5.69 Å². The summed E-state index contributed by atoms with van der Waals surface area (Å²) in [5.41, 5.74) is 0.762. The highest BCUT2D eigenvalue weighted by Gasteiger charge is 2.36. The molecule has 0 aliphatic heterocycles. The minimum Gasteiger partial charge on any atom is -0.480 e. The van der Waals surface area contributed by atoms with Gasteiger partial charge in [-0.15, -0.1) is 0 Å². The lowest BCUT2D eigenvalue weighted by atomic mass is 10.2. The van der Waals surface area contributed by atoms with E-state index in [0.717, 1.165) is 0 Å². The molecule has 0 saturated carbocycles. The van der Waals surface area contributed by atoms with Gasteiger partial charge >= 0.3 is 12.1 Å². The highest BCUT2D eigenvalue weighted by atomic mass is 35.5. The van der Waals surface area contributed by atoms with Crippen LogP contribution in [0, 0.1) is 6.92 Å². The van der Waals surface area contributed by atoms with Gasteiger partial charge in [-0.25, -0.2) is 9.48 Å². The molecule has 2 N–H and O–H groups in total. The molecule has 0 spiro atoms. The number of carboxylic acids is 1. The number of aryl methyl sites for hydroxylation is 1. The van der Waals surface area contributed by atoms with E-state index in [1.54, 1.807) is 31.2 Å². The number of para-hydroxylation sites is 1. The summed E-state index contributed by atoms with van der Waals surface area (Å²) in [7, 11) is 0. The van der Waals surface area contributed by atoms with Gasteiger partial charge in [0.25, 0.3) is 5.91 Å². The van der Waals surface area contributed by atoms with Crippen molar-refractivity contribution >= 4 is 23.5 Å². The number of aliphatic carboxylic acids is 1. The Kier molecular flexibility index (Phi) is 5.36. The molecule has 1 amide bonds. The van der Waals surface area contributed by atoms with Crippen LogP contribution in [0.1, 0.15) is 22.6 Å². The molecule has 1 aromatic heterocycles. The Morgan fingerprint density at radius 1 is 1.36 bits per heavy atom. The molecule has 0 aliphatic rings. The largest absolute Gasteiger partial charge is 0.480 e. The predicted molar refractivity (Wildman–Crippen MR) is 82.9 cm³/mol. The van der Waals surface area contributed by atoms with Crippen molar-refractivity contribution in [3.63, 3.8) is 0 Å². The van der Waals surface area contributed by atoms with Crippen LogP contribution in [0.15, 0.2) is 30.3 Å². The number of carbonyl (C=O) groups is 2. The summed E-state index contributed by atoms with van der Waals surface area (Å²) >= 11 is 6.05. The Morgan fingerprint density at radius 3 is 2.56 bits per heavy atom. The van der Waals surface area contributed by atoms with Crippen molar-refractivity contribution in [1.82, 2.24) is 15.1 Å². The minimum absolute atomic E-state index is 0.217. The zero-order valence-electron chi connectivity index (χ0n) is 12.8.